The Balaban J connectivity index is 6.77. The molecule has 0 amide bonds. The van der Waals surface area contributed by atoms with Gasteiger partial charge in [0.05, 0.1) is 6.61 Å². The van der Waals surface area contributed by atoms with Gasteiger partial charge in [-0.05, 0) is 13.0 Å². The fourth-order valence-electron chi connectivity index (χ4n) is 1.63. The first-order valence-electron chi connectivity index (χ1n) is 7.36. The third-order valence-electron chi connectivity index (χ3n) is 3.59. The van der Waals surface area contributed by atoms with E-state index in [0.29, 0.717) is 0 Å². The van der Waals surface area contributed by atoms with Gasteiger partial charge in [-0.3, -0.25) is 4.18 Å². The first-order chi connectivity index (χ1) is 14.1. The normalized spacial score (nSPS) is 16.3. The Morgan fingerprint density at radius 3 is 1.15 bits per heavy atom. The lowest BCUT2D eigenvalue weighted by Gasteiger charge is -2.42. The summed E-state index contributed by atoms with van der Waals surface area (Å²) in [6.07, 6.45) is -8.68. The van der Waals surface area contributed by atoms with Gasteiger partial charge in [-0.1, -0.05) is 0 Å². The summed E-state index contributed by atoms with van der Waals surface area (Å²) < 4.78 is 246. The molecule has 33 heavy (non-hydrogen) atoms. The second-order valence-electron chi connectivity index (χ2n) is 5.88. The van der Waals surface area contributed by atoms with Crippen molar-refractivity contribution in [3.05, 3.63) is 0 Å². The quantitative estimate of drug-likeness (QED) is 0.228. The van der Waals surface area contributed by atoms with Crippen LogP contribution in [0.25, 0.3) is 0 Å². The van der Waals surface area contributed by atoms with Gasteiger partial charge in [-0.2, -0.15) is 83.1 Å². The zero-order valence-corrected chi connectivity index (χ0v) is 15.6. The predicted octanol–water partition coefficient (Wildman–Crippen LogP) is 4.65. The van der Waals surface area contributed by atoms with Gasteiger partial charge in [0.25, 0.3) is 0 Å². The average Bonchev–Trinajstić information content (AvgIpc) is 2.59. The highest BCUT2D eigenvalue weighted by Crippen LogP contribution is 2.64. The lowest BCUT2D eigenvalue weighted by atomic mass is 9.91. The molecule has 0 heterocycles. The minimum atomic E-state index is -8.86. The fourth-order valence-corrected chi connectivity index (χ4v) is 2.56. The highest BCUT2D eigenvalue weighted by atomic mass is 32.2. The fraction of sp³-hybridized carbons (Fsp3) is 1.00. The van der Waals surface area contributed by atoms with Crippen molar-refractivity contribution in [2.45, 2.75) is 53.4 Å². The molecule has 0 aliphatic heterocycles. The molecule has 0 fully saturated rings. The van der Waals surface area contributed by atoms with E-state index in [1.165, 1.54) is 0 Å². The molecule has 0 aromatic rings. The van der Waals surface area contributed by atoms with E-state index < -0.39 is 76.7 Å². The Hall–Kier alpha value is -1.32. The molecule has 0 atom stereocenters. The molecule has 2 N–H and O–H groups in total. The molecule has 0 unspecified atom stereocenters. The Morgan fingerprint density at radius 1 is 0.545 bits per heavy atom. The molecule has 0 saturated carbocycles. The minimum Gasteiger partial charge on any atom is -0.330 e. The number of halogens is 17. The van der Waals surface area contributed by atoms with Gasteiger partial charge in [-0.25, -0.2) is 0 Å². The third kappa shape index (κ3) is 4.29. The van der Waals surface area contributed by atoms with Crippen molar-refractivity contribution in [3.63, 3.8) is 0 Å². The first-order valence-corrected chi connectivity index (χ1v) is 8.77. The van der Waals surface area contributed by atoms with Crippen LogP contribution in [0.3, 0.4) is 0 Å². The molecule has 0 radical (unpaired) electrons. The van der Waals surface area contributed by atoms with Gasteiger partial charge in [0, 0.05) is 0 Å². The maximum Gasteiger partial charge on any atom is 0.460 e. The van der Waals surface area contributed by atoms with Crippen LogP contribution in [-0.4, -0.2) is 68.5 Å². The first kappa shape index (κ1) is 31.7. The number of nitrogens with two attached hydrogens (primary N) is 1. The van der Waals surface area contributed by atoms with Crippen molar-refractivity contribution >= 4 is 10.1 Å². The Kier molecular flexibility index (Phi) is 8.08. The second-order valence-corrected chi connectivity index (χ2v) is 7.54. The van der Waals surface area contributed by atoms with E-state index >= 15 is 0 Å². The van der Waals surface area contributed by atoms with Crippen LogP contribution in [0.15, 0.2) is 0 Å². The van der Waals surface area contributed by atoms with Gasteiger partial charge < -0.3 is 5.73 Å². The van der Waals surface area contributed by atoms with Crippen molar-refractivity contribution < 1.29 is 87.2 Å². The molecule has 0 aromatic carbocycles. The van der Waals surface area contributed by atoms with Crippen LogP contribution < -0.4 is 5.73 Å². The molecular weight excluding hydrogens is 549 g/mol. The number of rotatable bonds is 11. The maximum absolute atomic E-state index is 13.5. The lowest BCUT2D eigenvalue weighted by molar-refractivity contribution is -0.458. The molecule has 0 aliphatic carbocycles. The highest BCUT2D eigenvalue weighted by molar-refractivity contribution is 7.87. The summed E-state index contributed by atoms with van der Waals surface area (Å²) in [5.74, 6) is -51.8. The molecule has 0 aromatic heterocycles. The molecule has 22 heteroatoms. The average molecular weight is 557 g/mol. The van der Waals surface area contributed by atoms with Crippen molar-refractivity contribution in [1.82, 2.24) is 0 Å². The van der Waals surface area contributed by atoms with E-state index in [1.54, 1.807) is 0 Å². The second kappa shape index (κ2) is 8.41. The molecule has 4 nitrogen and oxygen atoms in total. The van der Waals surface area contributed by atoms with Crippen LogP contribution in [0.4, 0.5) is 74.6 Å². The summed E-state index contributed by atoms with van der Waals surface area (Å²) in [6, 6.07) is 0. The molecule has 0 rings (SSSR count). The van der Waals surface area contributed by atoms with E-state index in [0.717, 1.165) is 0 Å². The lowest BCUT2D eigenvalue weighted by Crippen LogP contribution is -2.75. The summed E-state index contributed by atoms with van der Waals surface area (Å²) in [7, 11) is -7.48. The van der Waals surface area contributed by atoms with E-state index in [2.05, 4.69) is 4.18 Å². The van der Waals surface area contributed by atoms with Crippen molar-refractivity contribution in [2.75, 3.05) is 13.2 Å². The molecule has 0 bridgehead atoms. The van der Waals surface area contributed by atoms with Crippen molar-refractivity contribution in [1.29, 1.82) is 0 Å². The third-order valence-corrected chi connectivity index (χ3v) is 4.96. The van der Waals surface area contributed by atoms with Crippen molar-refractivity contribution in [2.24, 2.45) is 5.73 Å². The SMILES string of the molecule is NCCCOS(=O)(=O)C(F)(F)C(F)(F)C(F)(F)C(F)(F)C(F)(F)C(F)(F)C(F)(F)C(F)(F)F. The molecule has 0 spiro atoms. The summed E-state index contributed by atoms with van der Waals surface area (Å²) in [4.78, 5) is 0. The van der Waals surface area contributed by atoms with Gasteiger partial charge in [0.15, 0.2) is 0 Å². The largest absolute Gasteiger partial charge is 0.460 e. The topological polar surface area (TPSA) is 69.4 Å². The van der Waals surface area contributed by atoms with E-state index in [1.807, 2.05) is 0 Å². The van der Waals surface area contributed by atoms with E-state index in [9.17, 15) is 83.1 Å². The molecule has 200 valence electrons. The van der Waals surface area contributed by atoms with Gasteiger partial charge >= 0.3 is 57.1 Å². The van der Waals surface area contributed by atoms with Gasteiger partial charge in [0.2, 0.25) is 0 Å². The van der Waals surface area contributed by atoms with E-state index in [-0.39, 0.29) is 0 Å². The summed E-state index contributed by atoms with van der Waals surface area (Å²) in [5.41, 5.74) is 4.71. The number of hydrogen-bond donors (Lipinski definition) is 1. The zero-order valence-electron chi connectivity index (χ0n) is 14.8. The standard InChI is InChI=1S/C11H8F17NO3S/c12-4(13,6(16,17)8(20,21)10(24,25)26)5(14,15)7(18,19)9(22,23)11(27,28)33(30,31)32-3-1-2-29/h1-3,29H2. The summed E-state index contributed by atoms with van der Waals surface area (Å²) in [5, 5.41) is -7.65. The highest BCUT2D eigenvalue weighted by Gasteiger charge is 2.96. The van der Waals surface area contributed by atoms with Crippen LogP contribution >= 0.6 is 0 Å². The summed E-state index contributed by atoms with van der Waals surface area (Å²) in [6.45, 7) is -2.25. The summed E-state index contributed by atoms with van der Waals surface area (Å²) >= 11 is 0. The smallest absolute Gasteiger partial charge is 0.330 e. The zero-order chi connectivity index (χ0) is 27.3. The van der Waals surface area contributed by atoms with Crippen molar-refractivity contribution in [3.8, 4) is 0 Å². The van der Waals surface area contributed by atoms with Gasteiger partial charge in [-0.15, -0.1) is 0 Å². The van der Waals surface area contributed by atoms with Crippen LogP contribution in [0, 0.1) is 0 Å². The van der Waals surface area contributed by atoms with E-state index in [4.69, 9.17) is 5.73 Å². The monoisotopic (exact) mass is 557 g/mol. The van der Waals surface area contributed by atoms with Crippen LogP contribution in [0.2, 0.25) is 0 Å². The Labute approximate surface area is 170 Å². The number of alkyl halides is 17. The van der Waals surface area contributed by atoms with Crippen LogP contribution in [0.5, 0.6) is 0 Å². The number of hydrogen-bond acceptors (Lipinski definition) is 4. The molecule has 0 saturated heterocycles. The predicted molar refractivity (Wildman–Crippen MR) is 69.2 cm³/mol. The van der Waals surface area contributed by atoms with Crippen LogP contribution in [0.1, 0.15) is 6.42 Å². The van der Waals surface area contributed by atoms with Crippen LogP contribution in [-0.2, 0) is 14.3 Å². The van der Waals surface area contributed by atoms with Gasteiger partial charge in [0.1, 0.15) is 0 Å². The molecular formula is C11H8F17NO3S. The minimum absolute atomic E-state index is 0.638. The molecule has 0 aliphatic rings. The Morgan fingerprint density at radius 2 is 0.848 bits per heavy atom. The Bertz CT molecular complexity index is 804. The maximum atomic E-state index is 13.5.